The van der Waals surface area contributed by atoms with Crippen LogP contribution in [0.5, 0.6) is 0 Å². The van der Waals surface area contributed by atoms with Crippen LogP contribution in [0.4, 0.5) is 0 Å². The number of carbonyl (C=O) groups is 2. The van der Waals surface area contributed by atoms with Gasteiger partial charge in [0, 0.05) is 11.6 Å². The standard InChI is InChI=1S/C16H21NO3/c1-4-12(3)13-6-8-14(9-7-13)16(19)17-10-11-20-15(18)5-2/h5-9,12H,2,4,10-11H2,1,3H3,(H,17,19). The number of hydrogen-bond donors (Lipinski definition) is 1. The lowest BCUT2D eigenvalue weighted by molar-refractivity contribution is -0.137. The van der Waals surface area contributed by atoms with Crippen molar-refractivity contribution in [2.75, 3.05) is 13.2 Å². The summed E-state index contributed by atoms with van der Waals surface area (Å²) in [5.41, 5.74) is 1.83. The van der Waals surface area contributed by atoms with E-state index in [1.54, 1.807) is 0 Å². The predicted octanol–water partition coefficient (Wildman–Crippen LogP) is 2.66. The number of nitrogens with one attached hydrogen (secondary N) is 1. The summed E-state index contributed by atoms with van der Waals surface area (Å²) in [5.74, 6) is -0.169. The van der Waals surface area contributed by atoms with Crippen molar-refractivity contribution in [1.82, 2.24) is 5.32 Å². The van der Waals surface area contributed by atoms with Crippen molar-refractivity contribution in [3.8, 4) is 0 Å². The molecule has 0 radical (unpaired) electrons. The van der Waals surface area contributed by atoms with E-state index in [9.17, 15) is 9.59 Å². The van der Waals surface area contributed by atoms with Crippen molar-refractivity contribution in [1.29, 1.82) is 0 Å². The molecule has 0 aliphatic carbocycles. The molecule has 0 bridgehead atoms. The van der Waals surface area contributed by atoms with Gasteiger partial charge in [-0.25, -0.2) is 4.79 Å². The highest BCUT2D eigenvalue weighted by molar-refractivity contribution is 5.94. The first-order valence-electron chi connectivity index (χ1n) is 6.75. The molecular formula is C16H21NO3. The third-order valence-electron chi connectivity index (χ3n) is 3.15. The lowest BCUT2D eigenvalue weighted by Gasteiger charge is -2.10. The van der Waals surface area contributed by atoms with Gasteiger partial charge in [-0.05, 0) is 30.0 Å². The normalized spacial score (nSPS) is 11.5. The molecule has 1 aromatic carbocycles. The van der Waals surface area contributed by atoms with Crippen molar-refractivity contribution < 1.29 is 14.3 Å². The summed E-state index contributed by atoms with van der Waals surface area (Å²) in [7, 11) is 0. The lowest BCUT2D eigenvalue weighted by atomic mass is 9.97. The van der Waals surface area contributed by atoms with Crippen LogP contribution in [0.2, 0.25) is 0 Å². The SMILES string of the molecule is C=CC(=O)OCCNC(=O)c1ccc(C(C)CC)cc1. The highest BCUT2D eigenvalue weighted by Gasteiger charge is 2.07. The van der Waals surface area contributed by atoms with Gasteiger partial charge >= 0.3 is 5.97 Å². The summed E-state index contributed by atoms with van der Waals surface area (Å²) in [5, 5.41) is 2.69. The number of rotatable bonds is 7. The molecule has 20 heavy (non-hydrogen) atoms. The Hall–Kier alpha value is -2.10. The number of ether oxygens (including phenoxy) is 1. The summed E-state index contributed by atoms with van der Waals surface area (Å²) in [4.78, 5) is 22.6. The quantitative estimate of drug-likeness (QED) is 0.473. The molecule has 0 aliphatic heterocycles. The van der Waals surface area contributed by atoms with Gasteiger partial charge in [0.2, 0.25) is 0 Å². The molecule has 0 spiro atoms. The summed E-state index contributed by atoms with van der Waals surface area (Å²) < 4.78 is 4.77. The zero-order chi connectivity index (χ0) is 15.0. The molecule has 0 saturated carbocycles. The molecule has 108 valence electrons. The van der Waals surface area contributed by atoms with Gasteiger partial charge in [0.05, 0.1) is 6.54 Å². The zero-order valence-electron chi connectivity index (χ0n) is 12.0. The Kier molecular flexibility index (Phi) is 6.50. The fourth-order valence-electron chi connectivity index (χ4n) is 1.68. The highest BCUT2D eigenvalue weighted by atomic mass is 16.5. The minimum absolute atomic E-state index is 0.140. The van der Waals surface area contributed by atoms with E-state index < -0.39 is 5.97 Å². The van der Waals surface area contributed by atoms with Crippen LogP contribution >= 0.6 is 0 Å². The first-order valence-corrected chi connectivity index (χ1v) is 6.75. The molecular weight excluding hydrogens is 254 g/mol. The molecule has 1 atom stereocenters. The molecule has 1 unspecified atom stereocenters. The average molecular weight is 275 g/mol. The van der Waals surface area contributed by atoms with Gasteiger partial charge in [-0.15, -0.1) is 0 Å². The van der Waals surface area contributed by atoms with Crippen molar-refractivity contribution >= 4 is 11.9 Å². The van der Waals surface area contributed by atoms with Gasteiger partial charge in [-0.3, -0.25) is 4.79 Å². The first-order chi connectivity index (χ1) is 9.58. The summed E-state index contributed by atoms with van der Waals surface area (Å²) in [6.07, 6.45) is 2.16. The molecule has 4 heteroatoms. The van der Waals surface area contributed by atoms with Crippen LogP contribution in [0.1, 0.15) is 42.1 Å². The maximum Gasteiger partial charge on any atom is 0.330 e. The predicted molar refractivity (Wildman–Crippen MR) is 78.6 cm³/mol. The maximum absolute atomic E-state index is 11.8. The minimum Gasteiger partial charge on any atom is -0.461 e. The molecule has 4 nitrogen and oxygen atoms in total. The van der Waals surface area contributed by atoms with E-state index >= 15 is 0 Å². The summed E-state index contributed by atoms with van der Waals surface area (Å²) in [6, 6.07) is 7.57. The Labute approximate surface area is 119 Å². The molecule has 0 fully saturated rings. The number of hydrogen-bond acceptors (Lipinski definition) is 3. The molecule has 0 heterocycles. The van der Waals surface area contributed by atoms with Gasteiger partial charge in [0.25, 0.3) is 5.91 Å². The fraction of sp³-hybridized carbons (Fsp3) is 0.375. The van der Waals surface area contributed by atoms with Crippen LogP contribution in [-0.4, -0.2) is 25.0 Å². The van der Waals surface area contributed by atoms with Crippen LogP contribution in [-0.2, 0) is 9.53 Å². The topological polar surface area (TPSA) is 55.4 Å². The van der Waals surface area contributed by atoms with Gasteiger partial charge in [0.15, 0.2) is 0 Å². The van der Waals surface area contributed by atoms with Gasteiger partial charge in [0.1, 0.15) is 6.61 Å². The molecule has 0 saturated heterocycles. The highest BCUT2D eigenvalue weighted by Crippen LogP contribution is 2.18. The smallest absolute Gasteiger partial charge is 0.330 e. The van der Waals surface area contributed by atoms with Crippen molar-refractivity contribution in [2.24, 2.45) is 0 Å². The Balaban J connectivity index is 2.43. The Morgan fingerprint density at radius 2 is 2.00 bits per heavy atom. The van der Waals surface area contributed by atoms with E-state index in [-0.39, 0.29) is 19.1 Å². The molecule has 1 amide bonds. The second-order valence-electron chi connectivity index (χ2n) is 4.56. The van der Waals surface area contributed by atoms with E-state index in [1.807, 2.05) is 24.3 Å². The molecule has 0 aliphatic rings. The largest absolute Gasteiger partial charge is 0.461 e. The van der Waals surface area contributed by atoms with E-state index in [0.29, 0.717) is 11.5 Å². The molecule has 0 aromatic heterocycles. The lowest BCUT2D eigenvalue weighted by Crippen LogP contribution is -2.27. The Morgan fingerprint density at radius 1 is 1.35 bits per heavy atom. The average Bonchev–Trinajstić information content (AvgIpc) is 2.50. The van der Waals surface area contributed by atoms with Crippen LogP contribution in [0.25, 0.3) is 0 Å². The third-order valence-corrected chi connectivity index (χ3v) is 3.15. The Bertz CT molecular complexity index is 465. The van der Waals surface area contributed by atoms with Crippen LogP contribution in [0, 0.1) is 0 Å². The minimum atomic E-state index is -0.489. The van der Waals surface area contributed by atoms with Gasteiger partial charge < -0.3 is 10.1 Å². The fourth-order valence-corrected chi connectivity index (χ4v) is 1.68. The monoisotopic (exact) mass is 275 g/mol. The van der Waals surface area contributed by atoms with Gasteiger partial charge in [-0.2, -0.15) is 0 Å². The first kappa shape index (κ1) is 16.0. The van der Waals surface area contributed by atoms with Gasteiger partial charge in [-0.1, -0.05) is 32.6 Å². The second-order valence-corrected chi connectivity index (χ2v) is 4.56. The molecule has 1 aromatic rings. The zero-order valence-corrected chi connectivity index (χ0v) is 12.0. The van der Waals surface area contributed by atoms with E-state index in [0.717, 1.165) is 12.5 Å². The van der Waals surface area contributed by atoms with Crippen LogP contribution in [0.3, 0.4) is 0 Å². The van der Waals surface area contributed by atoms with Crippen molar-refractivity contribution in [3.63, 3.8) is 0 Å². The Morgan fingerprint density at radius 3 is 2.55 bits per heavy atom. The molecule has 1 rings (SSSR count). The summed E-state index contributed by atoms with van der Waals surface area (Å²) in [6.45, 7) is 8.00. The van der Waals surface area contributed by atoms with Crippen molar-refractivity contribution in [3.05, 3.63) is 48.0 Å². The van der Waals surface area contributed by atoms with Crippen molar-refractivity contribution in [2.45, 2.75) is 26.2 Å². The summed E-state index contributed by atoms with van der Waals surface area (Å²) >= 11 is 0. The number of amides is 1. The number of benzene rings is 1. The number of carbonyl (C=O) groups excluding carboxylic acids is 2. The second kappa shape index (κ2) is 8.15. The van der Waals surface area contributed by atoms with E-state index in [1.165, 1.54) is 5.56 Å². The molecule has 1 N–H and O–H groups in total. The van der Waals surface area contributed by atoms with E-state index in [2.05, 4.69) is 25.7 Å². The maximum atomic E-state index is 11.8. The van der Waals surface area contributed by atoms with Crippen LogP contribution < -0.4 is 5.32 Å². The van der Waals surface area contributed by atoms with E-state index in [4.69, 9.17) is 4.74 Å². The number of esters is 1. The third kappa shape index (κ3) is 4.88. The van der Waals surface area contributed by atoms with Crippen LogP contribution in [0.15, 0.2) is 36.9 Å².